The first kappa shape index (κ1) is 12.4. The standard InChI is InChI=1S/C10H6N4O2.H2O/c11-14-13-9-6-3-1-2-4-8(6)12-5-7(9)10(15)16;/h1-5H,(H,15,16);1H2. The van der Waals surface area contributed by atoms with E-state index < -0.39 is 5.97 Å². The van der Waals surface area contributed by atoms with Crippen LogP contribution in [0.1, 0.15) is 10.4 Å². The van der Waals surface area contributed by atoms with Gasteiger partial charge in [-0.3, -0.25) is 4.98 Å². The molecule has 7 nitrogen and oxygen atoms in total. The van der Waals surface area contributed by atoms with Crippen LogP contribution in [0.5, 0.6) is 0 Å². The van der Waals surface area contributed by atoms with Crippen molar-refractivity contribution < 1.29 is 15.4 Å². The SMILES string of the molecule is O.[N-]=[N+]=Nc1c(C(=O)O)cnc2ccccc12. The van der Waals surface area contributed by atoms with Crippen LogP contribution in [0.25, 0.3) is 21.3 Å². The van der Waals surface area contributed by atoms with Gasteiger partial charge in [-0.25, -0.2) is 4.79 Å². The molecule has 0 bridgehead atoms. The van der Waals surface area contributed by atoms with E-state index in [1.807, 2.05) is 0 Å². The molecular formula is C10H8N4O3. The Bertz CT molecular complexity index is 620. The molecule has 1 aromatic heterocycles. The molecule has 0 aliphatic heterocycles. The van der Waals surface area contributed by atoms with Crippen LogP contribution in [0, 0.1) is 0 Å². The Balaban J connectivity index is 0.00000144. The Labute approximate surface area is 95.3 Å². The number of benzene rings is 1. The molecule has 2 aromatic rings. The molecule has 3 N–H and O–H groups in total. The molecule has 7 heteroatoms. The number of carbonyl (C=O) groups is 1. The van der Waals surface area contributed by atoms with Gasteiger partial charge >= 0.3 is 5.97 Å². The van der Waals surface area contributed by atoms with E-state index in [0.29, 0.717) is 10.9 Å². The van der Waals surface area contributed by atoms with Gasteiger partial charge in [0, 0.05) is 16.5 Å². The zero-order valence-electron chi connectivity index (χ0n) is 8.53. The number of pyridine rings is 1. The maximum atomic E-state index is 10.9. The number of aromatic nitrogens is 1. The fourth-order valence-electron chi connectivity index (χ4n) is 1.44. The van der Waals surface area contributed by atoms with Crippen molar-refractivity contribution in [2.75, 3.05) is 0 Å². The van der Waals surface area contributed by atoms with Crippen LogP contribution in [0.15, 0.2) is 35.6 Å². The van der Waals surface area contributed by atoms with Gasteiger partial charge in [0.1, 0.15) is 0 Å². The van der Waals surface area contributed by atoms with Crippen LogP contribution < -0.4 is 0 Å². The molecule has 0 atom stereocenters. The molecule has 0 saturated carbocycles. The first-order chi connectivity index (χ1) is 7.74. The number of hydrogen-bond donors (Lipinski definition) is 1. The van der Waals surface area contributed by atoms with Gasteiger partial charge in [0.05, 0.1) is 16.8 Å². The molecule has 0 saturated heterocycles. The van der Waals surface area contributed by atoms with Crippen LogP contribution >= 0.6 is 0 Å². The first-order valence-corrected chi connectivity index (χ1v) is 4.40. The summed E-state index contributed by atoms with van der Waals surface area (Å²) in [5.74, 6) is -1.17. The number of hydrogen-bond acceptors (Lipinski definition) is 3. The summed E-state index contributed by atoms with van der Waals surface area (Å²) in [6, 6.07) is 6.89. The van der Waals surface area contributed by atoms with E-state index in [0.717, 1.165) is 0 Å². The zero-order valence-corrected chi connectivity index (χ0v) is 8.53. The summed E-state index contributed by atoms with van der Waals surface area (Å²) in [5.41, 5.74) is 9.02. The van der Waals surface area contributed by atoms with Crippen molar-refractivity contribution in [3.05, 3.63) is 46.5 Å². The number of azide groups is 1. The average Bonchev–Trinajstić information content (AvgIpc) is 2.29. The van der Waals surface area contributed by atoms with Crippen molar-refractivity contribution in [2.24, 2.45) is 5.11 Å². The summed E-state index contributed by atoms with van der Waals surface area (Å²) in [6.45, 7) is 0. The van der Waals surface area contributed by atoms with Crippen molar-refractivity contribution in [3.8, 4) is 0 Å². The summed E-state index contributed by atoms with van der Waals surface area (Å²) < 4.78 is 0. The van der Waals surface area contributed by atoms with Crippen LogP contribution in [-0.4, -0.2) is 21.5 Å². The quantitative estimate of drug-likeness (QED) is 0.482. The second-order valence-electron chi connectivity index (χ2n) is 3.03. The molecular weight excluding hydrogens is 224 g/mol. The van der Waals surface area contributed by atoms with Gasteiger partial charge in [0.2, 0.25) is 0 Å². The molecule has 0 unspecified atom stereocenters. The summed E-state index contributed by atoms with van der Waals surface area (Å²) >= 11 is 0. The minimum atomic E-state index is -1.17. The Morgan fingerprint density at radius 2 is 2.12 bits per heavy atom. The Hall–Kier alpha value is -2.63. The fraction of sp³-hybridized carbons (Fsp3) is 0. The lowest BCUT2D eigenvalue weighted by Crippen LogP contribution is -1.98. The van der Waals surface area contributed by atoms with Crippen LogP contribution in [0.4, 0.5) is 5.69 Å². The molecule has 86 valence electrons. The van der Waals surface area contributed by atoms with Gasteiger partial charge in [-0.1, -0.05) is 23.3 Å². The van der Waals surface area contributed by atoms with Gasteiger partial charge in [-0.15, -0.1) is 0 Å². The van der Waals surface area contributed by atoms with E-state index in [9.17, 15) is 4.79 Å². The Morgan fingerprint density at radius 3 is 2.76 bits per heavy atom. The van der Waals surface area contributed by atoms with E-state index in [1.165, 1.54) is 6.20 Å². The Kier molecular flexibility index (Phi) is 3.61. The summed E-state index contributed by atoms with van der Waals surface area (Å²) in [7, 11) is 0. The molecule has 0 aliphatic carbocycles. The minimum absolute atomic E-state index is 0. The topological polar surface area (TPSA) is 130 Å². The highest BCUT2D eigenvalue weighted by Gasteiger charge is 2.12. The van der Waals surface area contributed by atoms with Crippen molar-refractivity contribution in [1.29, 1.82) is 0 Å². The van der Waals surface area contributed by atoms with Crippen molar-refractivity contribution in [3.63, 3.8) is 0 Å². The maximum absolute atomic E-state index is 10.9. The van der Waals surface area contributed by atoms with E-state index in [1.54, 1.807) is 24.3 Å². The van der Waals surface area contributed by atoms with Crippen molar-refractivity contribution in [1.82, 2.24) is 4.98 Å². The monoisotopic (exact) mass is 232 g/mol. The van der Waals surface area contributed by atoms with Gasteiger partial charge in [-0.05, 0) is 11.6 Å². The van der Waals surface area contributed by atoms with Gasteiger partial charge in [0.25, 0.3) is 0 Å². The normalized spacial score (nSPS) is 9.18. The smallest absolute Gasteiger partial charge is 0.337 e. The highest BCUT2D eigenvalue weighted by atomic mass is 16.4. The number of para-hydroxylation sites is 1. The lowest BCUT2D eigenvalue weighted by atomic mass is 10.1. The summed E-state index contributed by atoms with van der Waals surface area (Å²) in [6.07, 6.45) is 1.19. The van der Waals surface area contributed by atoms with Crippen LogP contribution in [0.2, 0.25) is 0 Å². The maximum Gasteiger partial charge on any atom is 0.337 e. The molecule has 0 radical (unpaired) electrons. The number of aromatic carboxylic acids is 1. The molecule has 17 heavy (non-hydrogen) atoms. The predicted molar refractivity (Wildman–Crippen MR) is 61.1 cm³/mol. The average molecular weight is 232 g/mol. The van der Waals surface area contributed by atoms with E-state index in [4.69, 9.17) is 10.6 Å². The lowest BCUT2D eigenvalue weighted by Gasteiger charge is -2.03. The van der Waals surface area contributed by atoms with Crippen molar-refractivity contribution in [2.45, 2.75) is 0 Å². The number of carboxylic acid groups (broad SMARTS) is 1. The van der Waals surface area contributed by atoms with Gasteiger partial charge in [-0.2, -0.15) is 0 Å². The molecule has 0 fully saturated rings. The molecule has 0 amide bonds. The minimum Gasteiger partial charge on any atom is -0.478 e. The van der Waals surface area contributed by atoms with E-state index in [-0.39, 0.29) is 16.7 Å². The molecule has 1 heterocycles. The van der Waals surface area contributed by atoms with Crippen molar-refractivity contribution >= 4 is 22.6 Å². The summed E-state index contributed by atoms with van der Waals surface area (Å²) in [5, 5.41) is 12.9. The second-order valence-corrected chi connectivity index (χ2v) is 3.03. The third-order valence-corrected chi connectivity index (χ3v) is 2.12. The first-order valence-electron chi connectivity index (χ1n) is 4.40. The largest absolute Gasteiger partial charge is 0.478 e. The highest BCUT2D eigenvalue weighted by Crippen LogP contribution is 2.28. The predicted octanol–water partition coefficient (Wildman–Crippen LogP) is 2.05. The fourth-order valence-corrected chi connectivity index (χ4v) is 1.44. The van der Waals surface area contributed by atoms with E-state index in [2.05, 4.69) is 15.0 Å². The number of carboxylic acids is 1. The lowest BCUT2D eigenvalue weighted by molar-refractivity contribution is 0.0697. The Morgan fingerprint density at radius 1 is 1.41 bits per heavy atom. The van der Waals surface area contributed by atoms with Crippen LogP contribution in [-0.2, 0) is 0 Å². The molecule has 2 rings (SSSR count). The molecule has 0 spiro atoms. The molecule has 0 aliphatic rings. The van der Waals surface area contributed by atoms with Gasteiger partial charge < -0.3 is 10.6 Å². The van der Waals surface area contributed by atoms with Crippen LogP contribution in [0.3, 0.4) is 0 Å². The number of fused-ring (bicyclic) bond motifs is 1. The zero-order chi connectivity index (χ0) is 11.5. The third kappa shape index (κ3) is 2.15. The summed E-state index contributed by atoms with van der Waals surface area (Å²) in [4.78, 5) is 17.5. The number of nitrogens with zero attached hydrogens (tertiary/aromatic N) is 4. The van der Waals surface area contributed by atoms with Gasteiger partial charge in [0.15, 0.2) is 0 Å². The highest BCUT2D eigenvalue weighted by molar-refractivity contribution is 6.02. The van der Waals surface area contributed by atoms with E-state index >= 15 is 0 Å². The molecule has 1 aromatic carbocycles. The third-order valence-electron chi connectivity index (χ3n) is 2.12. The second kappa shape index (κ2) is 4.93. The number of rotatable bonds is 2.